The Morgan fingerprint density at radius 2 is 1.91 bits per heavy atom. The summed E-state index contributed by atoms with van der Waals surface area (Å²) in [7, 11) is 0. The smallest absolute Gasteiger partial charge is 0.303 e. The van der Waals surface area contributed by atoms with E-state index in [1.54, 1.807) is 4.52 Å². The summed E-state index contributed by atoms with van der Waals surface area (Å²) in [6.07, 6.45) is 9.76. The number of halogens is 1. The van der Waals surface area contributed by atoms with Crippen molar-refractivity contribution in [3.8, 4) is 16.8 Å². The number of benzene rings is 1. The molecule has 0 spiro atoms. The van der Waals surface area contributed by atoms with Gasteiger partial charge in [-0.15, -0.1) is 0 Å². The van der Waals surface area contributed by atoms with Crippen LogP contribution in [0.15, 0.2) is 59.5 Å². The molecule has 0 bridgehead atoms. The first-order chi connectivity index (χ1) is 15.5. The lowest BCUT2D eigenvalue weighted by Crippen LogP contribution is -2.18. The van der Waals surface area contributed by atoms with Crippen molar-refractivity contribution in [1.29, 1.82) is 0 Å². The van der Waals surface area contributed by atoms with Crippen molar-refractivity contribution in [3.63, 3.8) is 0 Å². The molecule has 1 aliphatic carbocycles. The summed E-state index contributed by atoms with van der Waals surface area (Å²) in [6, 6.07) is 12.2. The van der Waals surface area contributed by atoms with Gasteiger partial charge < -0.3 is 15.4 Å². The van der Waals surface area contributed by atoms with Gasteiger partial charge in [0.25, 0.3) is 0 Å². The molecule has 3 heterocycles. The first kappa shape index (κ1) is 20.8. The molecule has 0 amide bonds. The minimum absolute atomic E-state index is 0.242. The van der Waals surface area contributed by atoms with Gasteiger partial charge in [0.1, 0.15) is 5.82 Å². The Labute approximate surface area is 194 Å². The number of carbonyl (C=O) groups is 1. The van der Waals surface area contributed by atoms with Crippen LogP contribution in [0.5, 0.6) is 0 Å². The second kappa shape index (κ2) is 8.43. The number of hydrogen-bond donors (Lipinski definition) is 2. The number of aromatic nitrogens is 4. The molecule has 0 atom stereocenters. The van der Waals surface area contributed by atoms with E-state index in [0.717, 1.165) is 58.3 Å². The van der Waals surface area contributed by atoms with E-state index in [9.17, 15) is 4.79 Å². The van der Waals surface area contributed by atoms with Gasteiger partial charge >= 0.3 is 5.97 Å². The fourth-order valence-electron chi connectivity index (χ4n) is 4.69. The normalized spacial score (nSPS) is 18.8. The Kier molecular flexibility index (Phi) is 5.46. The monoisotopic (exact) mass is 493 g/mol. The van der Waals surface area contributed by atoms with E-state index in [4.69, 9.17) is 15.8 Å². The van der Waals surface area contributed by atoms with Crippen LogP contribution in [0.1, 0.15) is 43.7 Å². The number of hydrogen-bond acceptors (Lipinski definition) is 4. The van der Waals surface area contributed by atoms with Crippen molar-refractivity contribution in [2.24, 2.45) is 5.92 Å². The van der Waals surface area contributed by atoms with Crippen LogP contribution in [0.4, 0.5) is 5.82 Å². The molecule has 3 aromatic heterocycles. The zero-order chi connectivity index (χ0) is 22.2. The number of nitrogen functional groups attached to an aromatic ring is 1. The number of carboxylic acids is 1. The van der Waals surface area contributed by atoms with Gasteiger partial charge in [-0.05, 0) is 65.7 Å². The van der Waals surface area contributed by atoms with Crippen molar-refractivity contribution >= 4 is 33.4 Å². The summed E-state index contributed by atoms with van der Waals surface area (Å²) >= 11 is 3.65. The predicted octanol–water partition coefficient (Wildman–Crippen LogP) is 5.28. The lowest BCUT2D eigenvalue weighted by atomic mass is 9.79. The highest BCUT2D eigenvalue weighted by atomic mass is 79.9. The molecule has 1 fully saturated rings. The average molecular weight is 494 g/mol. The van der Waals surface area contributed by atoms with Crippen LogP contribution in [0.3, 0.4) is 0 Å². The van der Waals surface area contributed by atoms with Crippen LogP contribution in [0.25, 0.3) is 22.5 Å². The lowest BCUT2D eigenvalue weighted by Gasteiger charge is -2.28. The van der Waals surface area contributed by atoms with Crippen LogP contribution in [-0.4, -0.2) is 30.2 Å². The van der Waals surface area contributed by atoms with Gasteiger partial charge in [0.15, 0.2) is 5.65 Å². The van der Waals surface area contributed by atoms with Crippen LogP contribution in [0, 0.1) is 5.92 Å². The quantitative estimate of drug-likeness (QED) is 0.393. The second-order valence-electron chi connectivity index (χ2n) is 8.45. The summed E-state index contributed by atoms with van der Waals surface area (Å²) in [4.78, 5) is 16.1. The van der Waals surface area contributed by atoms with Gasteiger partial charge in [0, 0.05) is 41.5 Å². The molecule has 0 aliphatic heterocycles. The van der Waals surface area contributed by atoms with Gasteiger partial charge in [0.2, 0.25) is 0 Å². The Hall–Kier alpha value is -3.13. The maximum atomic E-state index is 11.1. The Morgan fingerprint density at radius 1 is 1.16 bits per heavy atom. The summed E-state index contributed by atoms with van der Waals surface area (Å²) in [5.41, 5.74) is 11.2. The Morgan fingerprint density at radius 3 is 2.62 bits per heavy atom. The molecule has 0 unspecified atom stereocenters. The van der Waals surface area contributed by atoms with Gasteiger partial charge in [0.05, 0.1) is 16.4 Å². The topological polar surface area (TPSA) is 98.4 Å². The number of aliphatic carboxylic acids is 1. The maximum Gasteiger partial charge on any atom is 0.303 e. The van der Waals surface area contributed by atoms with Gasteiger partial charge in [-0.3, -0.25) is 4.79 Å². The molecular formula is C24H24BrN5O2. The van der Waals surface area contributed by atoms with Crippen molar-refractivity contribution in [1.82, 2.24) is 19.2 Å². The molecule has 32 heavy (non-hydrogen) atoms. The molecule has 1 aliphatic rings. The SMILES string of the molecule is Nc1c(Br)c(C2CCC(CC(=O)O)CC2)nc2c(-c3ccn(-c4ccccc4)c3)cnn12. The molecule has 1 aromatic carbocycles. The van der Waals surface area contributed by atoms with E-state index in [0.29, 0.717) is 5.82 Å². The molecular weight excluding hydrogens is 470 g/mol. The van der Waals surface area contributed by atoms with E-state index in [2.05, 4.69) is 50.0 Å². The zero-order valence-electron chi connectivity index (χ0n) is 17.5. The average Bonchev–Trinajstić information content (AvgIpc) is 3.44. The number of nitrogens with zero attached hydrogens (tertiary/aromatic N) is 4. The van der Waals surface area contributed by atoms with Crippen molar-refractivity contribution in [3.05, 3.63) is 65.2 Å². The third kappa shape index (κ3) is 3.79. The minimum atomic E-state index is -0.718. The molecule has 0 radical (unpaired) electrons. The van der Waals surface area contributed by atoms with Crippen molar-refractivity contribution in [2.45, 2.75) is 38.0 Å². The van der Waals surface area contributed by atoms with E-state index >= 15 is 0 Å². The van der Waals surface area contributed by atoms with Crippen LogP contribution in [0.2, 0.25) is 0 Å². The fourth-order valence-corrected chi connectivity index (χ4v) is 5.27. The molecule has 4 aromatic rings. The highest BCUT2D eigenvalue weighted by Gasteiger charge is 2.28. The molecule has 164 valence electrons. The lowest BCUT2D eigenvalue weighted by molar-refractivity contribution is -0.138. The standard InChI is InChI=1S/C24H24BrN5O2/c25-21-22(16-8-6-15(7-9-16)12-20(31)32)28-24-19(13-27-30(24)23(21)26)17-10-11-29(14-17)18-4-2-1-3-5-18/h1-5,10-11,13-16H,6-9,12,26H2,(H,31,32). The number of anilines is 1. The summed E-state index contributed by atoms with van der Waals surface area (Å²) in [5.74, 6) is 0.307. The van der Waals surface area contributed by atoms with Crippen LogP contribution < -0.4 is 5.73 Å². The van der Waals surface area contributed by atoms with Gasteiger partial charge in [-0.1, -0.05) is 18.2 Å². The first-order valence-corrected chi connectivity index (χ1v) is 11.6. The first-order valence-electron chi connectivity index (χ1n) is 10.8. The molecule has 8 heteroatoms. The molecule has 0 saturated heterocycles. The van der Waals surface area contributed by atoms with Gasteiger partial charge in [-0.25, -0.2) is 4.98 Å². The van der Waals surface area contributed by atoms with E-state index in [1.165, 1.54) is 0 Å². The van der Waals surface area contributed by atoms with E-state index < -0.39 is 5.97 Å². The van der Waals surface area contributed by atoms with E-state index in [-0.39, 0.29) is 18.3 Å². The number of fused-ring (bicyclic) bond motifs is 1. The highest BCUT2D eigenvalue weighted by Crippen LogP contribution is 2.41. The van der Waals surface area contributed by atoms with Crippen LogP contribution >= 0.6 is 15.9 Å². The molecule has 3 N–H and O–H groups in total. The Balaban J connectivity index is 1.49. The van der Waals surface area contributed by atoms with Crippen molar-refractivity contribution < 1.29 is 9.90 Å². The van der Waals surface area contributed by atoms with Gasteiger partial charge in [-0.2, -0.15) is 9.61 Å². The number of para-hydroxylation sites is 1. The largest absolute Gasteiger partial charge is 0.481 e. The third-order valence-corrected chi connectivity index (χ3v) is 7.22. The summed E-state index contributed by atoms with van der Waals surface area (Å²) < 4.78 is 4.54. The Bertz CT molecular complexity index is 1270. The van der Waals surface area contributed by atoms with Crippen LogP contribution in [-0.2, 0) is 4.79 Å². The predicted molar refractivity (Wildman–Crippen MR) is 127 cm³/mol. The number of nitrogens with two attached hydrogens (primary N) is 1. The fraction of sp³-hybridized carbons (Fsp3) is 0.292. The molecule has 5 rings (SSSR count). The third-order valence-electron chi connectivity index (χ3n) is 6.40. The minimum Gasteiger partial charge on any atom is -0.481 e. The highest BCUT2D eigenvalue weighted by molar-refractivity contribution is 9.10. The summed E-state index contributed by atoms with van der Waals surface area (Å²) in [5, 5.41) is 13.6. The summed E-state index contributed by atoms with van der Waals surface area (Å²) in [6.45, 7) is 0. The second-order valence-corrected chi connectivity index (χ2v) is 9.24. The molecule has 7 nitrogen and oxygen atoms in total. The zero-order valence-corrected chi connectivity index (χ0v) is 19.1. The number of rotatable bonds is 5. The van der Waals surface area contributed by atoms with E-state index in [1.807, 2.05) is 30.6 Å². The van der Waals surface area contributed by atoms with Crippen molar-refractivity contribution in [2.75, 3.05) is 5.73 Å². The maximum absolute atomic E-state index is 11.1. The number of carboxylic acid groups (broad SMARTS) is 1. The molecule has 1 saturated carbocycles.